The van der Waals surface area contributed by atoms with Gasteiger partial charge in [0.2, 0.25) is 5.76 Å². The topological polar surface area (TPSA) is 77.8 Å². The van der Waals surface area contributed by atoms with Crippen LogP contribution in [0.2, 0.25) is 0 Å². The molecule has 0 bridgehead atoms. The predicted molar refractivity (Wildman–Crippen MR) is 75.2 cm³/mol. The second-order valence-electron chi connectivity index (χ2n) is 4.18. The zero-order valence-electron chi connectivity index (χ0n) is 11.7. The first-order valence-electron chi connectivity index (χ1n) is 6.23. The molecular formula is C15H15NO5. The lowest BCUT2D eigenvalue weighted by Gasteiger charge is -2.05. The van der Waals surface area contributed by atoms with Crippen LogP contribution in [0.4, 0.5) is 5.69 Å². The molecule has 0 aliphatic carbocycles. The summed E-state index contributed by atoms with van der Waals surface area (Å²) in [7, 11) is 2.63. The first-order chi connectivity index (χ1) is 10.1. The number of anilines is 1. The summed E-state index contributed by atoms with van der Waals surface area (Å²) in [5.41, 5.74) is 1.30. The Kier molecular flexibility index (Phi) is 4.61. The molecule has 0 radical (unpaired) electrons. The molecule has 0 aliphatic rings. The second-order valence-corrected chi connectivity index (χ2v) is 4.18. The monoisotopic (exact) mass is 289 g/mol. The molecule has 21 heavy (non-hydrogen) atoms. The summed E-state index contributed by atoms with van der Waals surface area (Å²) < 4.78 is 14.5. The van der Waals surface area contributed by atoms with Crippen LogP contribution < -0.4 is 5.32 Å². The van der Waals surface area contributed by atoms with E-state index in [4.69, 9.17) is 4.42 Å². The van der Waals surface area contributed by atoms with Gasteiger partial charge in [-0.25, -0.2) is 9.59 Å². The number of carbonyl (C=O) groups is 2. The molecule has 1 aromatic heterocycles. The summed E-state index contributed by atoms with van der Waals surface area (Å²) in [5, 5.41) is 3.12. The van der Waals surface area contributed by atoms with Crippen molar-refractivity contribution in [3.05, 3.63) is 53.5 Å². The Morgan fingerprint density at radius 3 is 2.29 bits per heavy atom. The number of rotatable bonds is 5. The van der Waals surface area contributed by atoms with Gasteiger partial charge in [0.1, 0.15) is 5.76 Å². The lowest BCUT2D eigenvalue weighted by molar-refractivity contribution is 0.0561. The van der Waals surface area contributed by atoms with Gasteiger partial charge < -0.3 is 19.2 Å². The third kappa shape index (κ3) is 3.62. The van der Waals surface area contributed by atoms with E-state index in [9.17, 15) is 9.59 Å². The van der Waals surface area contributed by atoms with Crippen molar-refractivity contribution in [2.24, 2.45) is 0 Å². The van der Waals surface area contributed by atoms with Crippen LogP contribution in [-0.2, 0) is 16.0 Å². The lowest BCUT2D eigenvalue weighted by atomic mass is 10.2. The number of nitrogens with one attached hydrogen (secondary N) is 1. The van der Waals surface area contributed by atoms with Gasteiger partial charge in [-0.1, -0.05) is 0 Å². The van der Waals surface area contributed by atoms with Gasteiger partial charge in [0.25, 0.3) is 0 Å². The van der Waals surface area contributed by atoms with Gasteiger partial charge in [-0.05, 0) is 36.4 Å². The Labute approximate surface area is 121 Å². The van der Waals surface area contributed by atoms with E-state index < -0.39 is 5.97 Å². The van der Waals surface area contributed by atoms with Crippen LogP contribution in [0.25, 0.3) is 0 Å². The molecule has 1 heterocycles. The second kappa shape index (κ2) is 6.60. The molecule has 0 amide bonds. The lowest BCUT2D eigenvalue weighted by Crippen LogP contribution is -2.02. The van der Waals surface area contributed by atoms with E-state index in [0.29, 0.717) is 17.9 Å². The molecule has 110 valence electrons. The van der Waals surface area contributed by atoms with E-state index in [1.165, 1.54) is 14.2 Å². The largest absolute Gasteiger partial charge is 0.465 e. The van der Waals surface area contributed by atoms with Crippen molar-refractivity contribution in [1.82, 2.24) is 0 Å². The number of hydrogen-bond donors (Lipinski definition) is 1. The SMILES string of the molecule is COC(=O)c1ccc(NCc2ccc(C(=O)OC)o2)cc1. The third-order valence-electron chi connectivity index (χ3n) is 2.82. The number of methoxy groups -OCH3 is 2. The van der Waals surface area contributed by atoms with E-state index >= 15 is 0 Å². The van der Waals surface area contributed by atoms with Gasteiger partial charge in [-0.15, -0.1) is 0 Å². The number of esters is 2. The van der Waals surface area contributed by atoms with Crippen molar-refractivity contribution in [3.63, 3.8) is 0 Å². The molecule has 0 unspecified atom stereocenters. The fourth-order valence-corrected chi connectivity index (χ4v) is 1.71. The highest BCUT2D eigenvalue weighted by atomic mass is 16.5. The fourth-order valence-electron chi connectivity index (χ4n) is 1.71. The minimum absolute atomic E-state index is 0.162. The molecule has 0 aliphatic heterocycles. The summed E-state index contributed by atoms with van der Waals surface area (Å²) in [4.78, 5) is 22.5. The van der Waals surface area contributed by atoms with E-state index in [1.54, 1.807) is 36.4 Å². The normalized spacial score (nSPS) is 10.0. The molecule has 2 rings (SSSR count). The summed E-state index contributed by atoms with van der Waals surface area (Å²) in [6.45, 7) is 0.411. The number of benzene rings is 1. The standard InChI is InChI=1S/C15H15NO5/c1-19-14(17)10-3-5-11(6-4-10)16-9-12-7-8-13(21-12)15(18)20-2/h3-8,16H,9H2,1-2H3. The highest BCUT2D eigenvalue weighted by Crippen LogP contribution is 2.14. The Morgan fingerprint density at radius 2 is 1.67 bits per heavy atom. The Morgan fingerprint density at radius 1 is 1.00 bits per heavy atom. The molecule has 0 spiro atoms. The molecule has 0 fully saturated rings. The Bertz CT molecular complexity index is 630. The maximum Gasteiger partial charge on any atom is 0.373 e. The average molecular weight is 289 g/mol. The number of hydrogen-bond acceptors (Lipinski definition) is 6. The van der Waals surface area contributed by atoms with E-state index in [-0.39, 0.29) is 11.7 Å². The van der Waals surface area contributed by atoms with E-state index in [0.717, 1.165) is 5.69 Å². The summed E-state index contributed by atoms with van der Waals surface area (Å²) in [6, 6.07) is 10.1. The molecule has 0 atom stereocenters. The number of carbonyl (C=O) groups excluding carboxylic acids is 2. The molecule has 1 aromatic carbocycles. The predicted octanol–water partition coefficient (Wildman–Crippen LogP) is 2.46. The Hall–Kier alpha value is -2.76. The zero-order chi connectivity index (χ0) is 15.2. The van der Waals surface area contributed by atoms with Crippen LogP contribution in [0, 0.1) is 0 Å². The van der Waals surface area contributed by atoms with Gasteiger partial charge in [0.15, 0.2) is 0 Å². The van der Waals surface area contributed by atoms with Crippen molar-refractivity contribution in [2.75, 3.05) is 19.5 Å². The third-order valence-corrected chi connectivity index (χ3v) is 2.82. The smallest absolute Gasteiger partial charge is 0.373 e. The number of ether oxygens (including phenoxy) is 2. The molecule has 2 aromatic rings. The quantitative estimate of drug-likeness (QED) is 0.852. The molecule has 1 N–H and O–H groups in total. The van der Waals surface area contributed by atoms with Crippen molar-refractivity contribution >= 4 is 17.6 Å². The van der Waals surface area contributed by atoms with Crippen LogP contribution in [0.1, 0.15) is 26.7 Å². The van der Waals surface area contributed by atoms with Gasteiger partial charge in [0, 0.05) is 5.69 Å². The van der Waals surface area contributed by atoms with Crippen LogP contribution >= 0.6 is 0 Å². The summed E-state index contributed by atoms with van der Waals surface area (Å²) in [6.07, 6.45) is 0. The fraction of sp³-hybridized carbons (Fsp3) is 0.200. The molecule has 6 heteroatoms. The minimum atomic E-state index is -0.510. The number of furan rings is 1. The van der Waals surface area contributed by atoms with Crippen LogP contribution in [-0.4, -0.2) is 26.2 Å². The highest BCUT2D eigenvalue weighted by Gasteiger charge is 2.10. The van der Waals surface area contributed by atoms with E-state index in [1.807, 2.05) is 0 Å². The van der Waals surface area contributed by atoms with Crippen molar-refractivity contribution < 1.29 is 23.5 Å². The maximum absolute atomic E-state index is 11.3. The first-order valence-corrected chi connectivity index (χ1v) is 6.23. The summed E-state index contributed by atoms with van der Waals surface area (Å²) >= 11 is 0. The van der Waals surface area contributed by atoms with Gasteiger partial charge in [-0.2, -0.15) is 0 Å². The van der Waals surface area contributed by atoms with Crippen LogP contribution in [0.3, 0.4) is 0 Å². The maximum atomic E-state index is 11.3. The highest BCUT2D eigenvalue weighted by molar-refractivity contribution is 5.89. The molecule has 6 nitrogen and oxygen atoms in total. The molecule has 0 saturated carbocycles. The van der Waals surface area contributed by atoms with Gasteiger partial charge >= 0.3 is 11.9 Å². The molecule has 0 saturated heterocycles. The van der Waals surface area contributed by atoms with Gasteiger partial charge in [0.05, 0.1) is 26.3 Å². The minimum Gasteiger partial charge on any atom is -0.465 e. The Balaban J connectivity index is 1.95. The van der Waals surface area contributed by atoms with Crippen LogP contribution in [0.15, 0.2) is 40.8 Å². The van der Waals surface area contributed by atoms with Crippen molar-refractivity contribution in [3.8, 4) is 0 Å². The first kappa shape index (κ1) is 14.6. The van der Waals surface area contributed by atoms with Crippen molar-refractivity contribution in [1.29, 1.82) is 0 Å². The average Bonchev–Trinajstić information content (AvgIpc) is 3.01. The van der Waals surface area contributed by atoms with E-state index in [2.05, 4.69) is 14.8 Å². The summed E-state index contributed by atoms with van der Waals surface area (Å²) in [5.74, 6) is -0.123. The van der Waals surface area contributed by atoms with Crippen molar-refractivity contribution in [2.45, 2.75) is 6.54 Å². The van der Waals surface area contributed by atoms with Gasteiger partial charge in [-0.3, -0.25) is 0 Å². The zero-order valence-corrected chi connectivity index (χ0v) is 11.7. The molecular weight excluding hydrogens is 274 g/mol. The van der Waals surface area contributed by atoms with Crippen LogP contribution in [0.5, 0.6) is 0 Å².